The molecule has 0 aromatic rings. The van der Waals surface area contributed by atoms with Crippen molar-refractivity contribution in [3.05, 3.63) is 0 Å². The van der Waals surface area contributed by atoms with Gasteiger partial charge >= 0.3 is 53.6 Å². The summed E-state index contributed by atoms with van der Waals surface area (Å²) < 4.78 is 89.9. The quantitative estimate of drug-likeness (QED) is 0.316. The van der Waals surface area contributed by atoms with Crippen molar-refractivity contribution in [1.82, 2.24) is 0 Å². The minimum atomic E-state index is -5.76. The predicted octanol–water partition coefficient (Wildman–Crippen LogP) is -2.32. The average Bonchev–Trinajstić information content (AvgIpc) is 1.78. The van der Waals surface area contributed by atoms with Gasteiger partial charge < -0.3 is 0 Å². The van der Waals surface area contributed by atoms with Gasteiger partial charge in [0.2, 0.25) is 0 Å². The van der Waals surface area contributed by atoms with Gasteiger partial charge in [-0.25, -0.2) is 8.42 Å². The van der Waals surface area contributed by atoms with Crippen molar-refractivity contribution < 1.29 is 71.1 Å². The van der Waals surface area contributed by atoms with Crippen LogP contribution in [0.1, 0.15) is 0 Å². The number of rotatable bonds is 3. The van der Waals surface area contributed by atoms with Crippen LogP contribution >= 0.6 is 0 Å². The first kappa shape index (κ1) is 17.8. The second-order valence-corrected chi connectivity index (χ2v) is 7.70. The molecule has 2 unspecified atom stereocenters. The van der Waals surface area contributed by atoms with Gasteiger partial charge in [0.25, 0.3) is 20.2 Å². The Hall–Kier alpha value is 0.365. The van der Waals surface area contributed by atoms with E-state index in [1.807, 2.05) is 0 Å². The second-order valence-electron chi connectivity index (χ2n) is 1.36. The molecule has 4 N–H and O–H groups in total. The Morgan fingerprint density at radius 1 is 0.800 bits per heavy atom. The molecule has 0 bridgehead atoms. The molecule has 15 heavy (non-hydrogen) atoms. The molecule has 11 nitrogen and oxygen atoms in total. The standard InChI is InChI=1S/2Cr.H2O4S2.2H2O.5O/c;;1-5(2)6(3)4;;;;;;;/h;;(H,1,2)(H,3,4);2*1H2;;;;;/q2*+1;;;;;;;;/p-2. The molecule has 0 aliphatic carbocycles. The zero-order valence-electron chi connectivity index (χ0n) is 6.28. The molecule has 0 aliphatic rings. The summed E-state index contributed by atoms with van der Waals surface area (Å²) in [6.45, 7) is 0. The Kier molecular flexibility index (Phi) is 8.10. The van der Waals surface area contributed by atoms with Gasteiger partial charge in [0.15, 0.2) is 0 Å². The summed E-state index contributed by atoms with van der Waals surface area (Å²) in [5, 5.41) is 0. The van der Waals surface area contributed by atoms with Gasteiger partial charge in [-0.2, -0.15) is 0 Å². The number of hydrogen-bond acceptors (Lipinski definition) is 7. The van der Waals surface area contributed by atoms with Crippen LogP contribution in [-0.4, -0.2) is 25.8 Å². The molecule has 0 aliphatic heterocycles. The van der Waals surface area contributed by atoms with Gasteiger partial charge in [-0.05, 0) is 0 Å². The van der Waals surface area contributed by atoms with Gasteiger partial charge in [0.05, 0.1) is 0 Å². The Morgan fingerprint density at radius 3 is 1.00 bits per heavy atom. The van der Waals surface area contributed by atoms with Gasteiger partial charge in [-0.15, -0.1) is 0 Å². The summed E-state index contributed by atoms with van der Waals surface area (Å²) >= 11 is -11.5. The van der Waals surface area contributed by atoms with Crippen LogP contribution in [0.3, 0.4) is 0 Å². The third-order valence-corrected chi connectivity index (χ3v) is 4.02. The molecule has 0 radical (unpaired) electrons. The topological polar surface area (TPSA) is 193 Å². The van der Waals surface area contributed by atoms with E-state index in [0.29, 0.717) is 0 Å². The first-order chi connectivity index (χ1) is 6.35. The molecule has 0 spiro atoms. The third kappa shape index (κ3) is 20.4. The van der Waals surface area contributed by atoms with E-state index in [9.17, 15) is 23.6 Å². The summed E-state index contributed by atoms with van der Waals surface area (Å²) in [5.74, 6) is 0. The van der Waals surface area contributed by atoms with Crippen molar-refractivity contribution in [2.75, 3.05) is 0 Å². The summed E-state index contributed by atoms with van der Waals surface area (Å²) in [7, 11) is -5.18. The van der Waals surface area contributed by atoms with E-state index in [1.54, 1.807) is 0 Å². The molecule has 0 saturated carbocycles. The number of hydrogen-bond donors (Lipinski definition) is 4. The van der Waals surface area contributed by atoms with Crippen molar-refractivity contribution in [2.24, 2.45) is 0 Å². The molecule has 15 heteroatoms. The third-order valence-electron chi connectivity index (χ3n) is 0.294. The van der Waals surface area contributed by atoms with Crippen LogP contribution in [0.5, 0.6) is 0 Å². The zero-order valence-corrected chi connectivity index (χ0v) is 10.5. The summed E-state index contributed by atoms with van der Waals surface area (Å²) in [6, 6.07) is 0. The van der Waals surface area contributed by atoms with E-state index in [4.69, 9.17) is 17.4 Å². The van der Waals surface area contributed by atoms with Crippen molar-refractivity contribution in [3.8, 4) is 0 Å². The maximum absolute atomic E-state index is 9.53. The Bertz CT molecular complexity index is 381. The fraction of sp³-hybridized carbons (Fsp3) is 0. The van der Waals surface area contributed by atoms with Crippen LogP contribution in [-0.2, 0) is 65.5 Å². The Morgan fingerprint density at radius 2 is 1.00 bits per heavy atom. The Labute approximate surface area is 91.2 Å². The summed E-state index contributed by atoms with van der Waals surface area (Å²) in [5.41, 5.74) is 0. The summed E-state index contributed by atoms with van der Waals surface area (Å²) in [6.07, 6.45) is 0. The van der Waals surface area contributed by atoms with Crippen LogP contribution in [0.4, 0.5) is 0 Å². The second kappa shape index (κ2) is 6.84. The van der Waals surface area contributed by atoms with Crippen LogP contribution in [0.2, 0.25) is 0 Å². The monoisotopic (exact) mass is 348 g/mol. The van der Waals surface area contributed by atoms with E-state index in [-0.39, 0.29) is 0 Å². The van der Waals surface area contributed by atoms with Gasteiger partial charge in [-0.3, -0.25) is 9.11 Å². The van der Waals surface area contributed by atoms with Crippen molar-refractivity contribution in [3.63, 3.8) is 0 Å². The summed E-state index contributed by atoms with van der Waals surface area (Å²) in [4.78, 5) is 0. The van der Waals surface area contributed by atoms with Crippen LogP contribution in [0.25, 0.3) is 0 Å². The SMILES string of the molecule is O=S(O)S(=O)O.[O]=[Cr](=[O])([OH])[O][Cr](=[O])(=[O])[OH]. The average molecular weight is 348 g/mol. The normalized spacial score (nSPS) is 16.0. The zero-order chi connectivity index (χ0) is 12.9. The minimum absolute atomic E-state index is 2.59. The molecule has 0 saturated heterocycles. The predicted molar refractivity (Wildman–Crippen MR) is 29.8 cm³/mol. The van der Waals surface area contributed by atoms with E-state index < -0.39 is 47.5 Å². The fourth-order valence-electron chi connectivity index (χ4n) is 0.109. The van der Waals surface area contributed by atoms with Gasteiger partial charge in [0, 0.05) is 0 Å². The van der Waals surface area contributed by atoms with Crippen molar-refractivity contribution in [1.29, 1.82) is 0 Å². The van der Waals surface area contributed by atoms with Crippen LogP contribution in [0, 0.1) is 0 Å². The first-order valence-corrected chi connectivity index (χ1v) is 9.22. The van der Waals surface area contributed by atoms with Crippen molar-refractivity contribution >= 4 is 20.2 Å². The molecule has 0 amide bonds. The maximum atomic E-state index is 9.53. The molecule has 0 fully saturated rings. The molecular weight excluding hydrogens is 344 g/mol. The molecular formula is H4Cr2O11S2. The molecule has 94 valence electrons. The molecule has 0 heterocycles. The molecule has 0 rings (SSSR count). The first-order valence-electron chi connectivity index (χ1n) is 2.23. The molecule has 2 atom stereocenters. The fourth-order valence-corrected chi connectivity index (χ4v) is 1.85. The van der Waals surface area contributed by atoms with E-state index in [1.165, 1.54) is 0 Å². The van der Waals surface area contributed by atoms with E-state index in [0.717, 1.165) is 0 Å². The van der Waals surface area contributed by atoms with Gasteiger partial charge in [-0.1, -0.05) is 0 Å². The van der Waals surface area contributed by atoms with Crippen LogP contribution in [0.15, 0.2) is 0 Å². The van der Waals surface area contributed by atoms with Crippen LogP contribution < -0.4 is 0 Å². The Balaban J connectivity index is 0. The molecule has 0 aromatic carbocycles. The molecule has 0 aromatic heterocycles. The van der Waals surface area contributed by atoms with E-state index in [2.05, 4.69) is 2.84 Å². The van der Waals surface area contributed by atoms with Gasteiger partial charge in [0.1, 0.15) is 0 Å². The van der Waals surface area contributed by atoms with Crippen molar-refractivity contribution in [2.45, 2.75) is 0 Å². The van der Waals surface area contributed by atoms with E-state index >= 15 is 0 Å².